The van der Waals surface area contributed by atoms with Gasteiger partial charge in [-0.25, -0.2) is 4.98 Å². The van der Waals surface area contributed by atoms with Crippen molar-refractivity contribution >= 4 is 44.3 Å². The second-order valence-corrected chi connectivity index (χ2v) is 10.1. The maximum Gasteiger partial charge on any atom is 0.270 e. The first-order valence-corrected chi connectivity index (χ1v) is 12.1. The number of aromatic nitrogens is 2. The summed E-state index contributed by atoms with van der Waals surface area (Å²) in [6.07, 6.45) is 1.67. The van der Waals surface area contributed by atoms with Crippen molar-refractivity contribution in [1.29, 1.82) is 0 Å². The van der Waals surface area contributed by atoms with E-state index in [0.717, 1.165) is 33.3 Å². The van der Waals surface area contributed by atoms with Crippen LogP contribution in [0.4, 0.5) is 5.69 Å². The topological polar surface area (TPSA) is 113 Å². The van der Waals surface area contributed by atoms with Gasteiger partial charge in [0.15, 0.2) is 0 Å². The predicted octanol–water partition coefficient (Wildman–Crippen LogP) is 3.60. The molecule has 1 aromatic carbocycles. The van der Waals surface area contributed by atoms with Gasteiger partial charge in [0.2, 0.25) is 4.21 Å². The predicted molar refractivity (Wildman–Crippen MR) is 127 cm³/mol. The van der Waals surface area contributed by atoms with E-state index < -0.39 is 11.2 Å². The third-order valence-corrected chi connectivity index (χ3v) is 8.22. The second-order valence-electron chi connectivity index (χ2n) is 7.36. The van der Waals surface area contributed by atoms with Crippen LogP contribution in [-0.2, 0) is 22.5 Å². The van der Waals surface area contributed by atoms with E-state index in [1.807, 2.05) is 42.5 Å². The van der Waals surface area contributed by atoms with Gasteiger partial charge in [0.05, 0.1) is 12.3 Å². The third-order valence-electron chi connectivity index (χ3n) is 5.35. The van der Waals surface area contributed by atoms with Crippen molar-refractivity contribution in [3.05, 3.63) is 59.9 Å². The quantitative estimate of drug-likeness (QED) is 0.422. The number of thiophene rings is 1. The van der Waals surface area contributed by atoms with Crippen LogP contribution in [-0.4, -0.2) is 39.9 Å². The molecule has 162 valence electrons. The Hall–Kier alpha value is -2.98. The number of nitrogen functional groups attached to an aromatic ring is 1. The molecule has 0 fully saturated rings. The zero-order valence-corrected chi connectivity index (χ0v) is 18.9. The monoisotopic (exact) mass is 464 g/mol. The molecule has 3 aromatic heterocycles. The highest BCUT2D eigenvalue weighted by atomic mass is 32.2. The smallest absolute Gasteiger partial charge is 0.270 e. The van der Waals surface area contributed by atoms with E-state index in [0.29, 0.717) is 39.3 Å². The number of carbonyl (C=O) groups is 1. The maximum atomic E-state index is 12.8. The van der Waals surface area contributed by atoms with Gasteiger partial charge < -0.3 is 20.3 Å². The number of fused-ring (bicyclic) bond motifs is 2. The molecule has 7 nitrogen and oxygen atoms in total. The summed E-state index contributed by atoms with van der Waals surface area (Å²) in [6.45, 7) is 0.843. The van der Waals surface area contributed by atoms with Crippen LogP contribution < -0.4 is 11.1 Å². The Morgan fingerprint density at radius 3 is 2.84 bits per heavy atom. The molecule has 3 N–H and O–H groups in total. The largest absolute Gasteiger partial charge is 0.611 e. The minimum Gasteiger partial charge on any atom is -0.611 e. The molecule has 1 aliphatic rings. The standard InChI is InChI=1S/C23H20N4O3S2/c1-30-7-8-32(29)23-19(24)18-16(13-5-3-2-4-6-13)10-17(27-22(18)31-23)14-9-15-12-26-21(28)20(15)25-11-14/h2-6,9-11H,7-8,12,24H2,1H3,(H,26,28). The van der Waals surface area contributed by atoms with Gasteiger partial charge >= 0.3 is 0 Å². The van der Waals surface area contributed by atoms with Crippen molar-refractivity contribution in [3.8, 4) is 22.4 Å². The normalized spacial score (nSPS) is 13.9. The highest BCUT2D eigenvalue weighted by molar-refractivity contribution is 7.93. The van der Waals surface area contributed by atoms with E-state index in [-0.39, 0.29) is 5.91 Å². The minimum absolute atomic E-state index is 0.158. The average Bonchev–Trinajstić information content (AvgIpc) is 3.37. The van der Waals surface area contributed by atoms with Crippen LogP contribution in [0.15, 0.2) is 52.9 Å². The SMILES string of the molecule is COCC[S+]([O-])c1sc2nc(-c3cnc4c(c3)CNC4=O)cc(-c3ccccc3)c2c1N. The number of hydrogen-bond donors (Lipinski definition) is 2. The van der Waals surface area contributed by atoms with Crippen molar-refractivity contribution in [3.63, 3.8) is 0 Å². The molecular weight excluding hydrogens is 444 g/mol. The average molecular weight is 465 g/mol. The molecule has 1 unspecified atom stereocenters. The number of benzene rings is 1. The number of pyridine rings is 2. The minimum atomic E-state index is -1.28. The van der Waals surface area contributed by atoms with Crippen molar-refractivity contribution in [2.45, 2.75) is 10.8 Å². The number of anilines is 1. The van der Waals surface area contributed by atoms with Gasteiger partial charge in [-0.05, 0) is 23.3 Å². The molecule has 5 rings (SSSR count). The maximum absolute atomic E-state index is 12.8. The fourth-order valence-electron chi connectivity index (χ4n) is 3.76. The molecule has 0 bridgehead atoms. The Bertz CT molecular complexity index is 1320. The summed E-state index contributed by atoms with van der Waals surface area (Å²) in [5, 5.41) is 3.59. The molecule has 0 saturated heterocycles. The molecule has 32 heavy (non-hydrogen) atoms. The summed E-state index contributed by atoms with van der Waals surface area (Å²) < 4.78 is 18.5. The van der Waals surface area contributed by atoms with E-state index in [2.05, 4.69) is 10.3 Å². The summed E-state index contributed by atoms with van der Waals surface area (Å²) >= 11 is 0.0705. The Labute approximate surface area is 191 Å². The molecule has 4 aromatic rings. The molecule has 9 heteroatoms. The summed E-state index contributed by atoms with van der Waals surface area (Å²) in [5.41, 5.74) is 11.8. The molecule has 4 heterocycles. The molecule has 1 amide bonds. The first kappa shape index (κ1) is 20.9. The lowest BCUT2D eigenvalue weighted by Crippen LogP contribution is -2.13. The summed E-state index contributed by atoms with van der Waals surface area (Å²) in [6, 6.07) is 13.8. The second kappa shape index (κ2) is 8.51. The number of nitrogens with zero attached hydrogens (tertiary/aromatic N) is 2. The molecule has 0 spiro atoms. The van der Waals surface area contributed by atoms with Gasteiger partial charge in [-0.2, -0.15) is 0 Å². The van der Waals surface area contributed by atoms with Gasteiger partial charge in [-0.3, -0.25) is 9.78 Å². The number of nitrogens with two attached hydrogens (primary N) is 1. The molecule has 0 saturated carbocycles. The first-order valence-electron chi connectivity index (χ1n) is 10.00. The van der Waals surface area contributed by atoms with Crippen LogP contribution in [0.5, 0.6) is 0 Å². The molecular formula is C23H20N4O3S2. The Kier molecular flexibility index (Phi) is 5.56. The van der Waals surface area contributed by atoms with Crippen molar-refractivity contribution in [2.75, 3.05) is 25.2 Å². The van der Waals surface area contributed by atoms with Gasteiger partial charge in [-0.1, -0.05) is 41.7 Å². The van der Waals surface area contributed by atoms with Crippen LogP contribution >= 0.6 is 11.3 Å². The highest BCUT2D eigenvalue weighted by Gasteiger charge is 2.26. The Balaban J connectivity index is 1.70. The van der Waals surface area contributed by atoms with E-state index in [1.165, 1.54) is 11.3 Å². The van der Waals surface area contributed by atoms with E-state index in [1.54, 1.807) is 13.3 Å². The van der Waals surface area contributed by atoms with Crippen molar-refractivity contribution < 1.29 is 14.1 Å². The summed E-state index contributed by atoms with van der Waals surface area (Å²) in [7, 11) is 1.58. The van der Waals surface area contributed by atoms with E-state index >= 15 is 0 Å². The van der Waals surface area contributed by atoms with Crippen LogP contribution in [0, 0.1) is 0 Å². The number of amides is 1. The van der Waals surface area contributed by atoms with Crippen molar-refractivity contribution in [1.82, 2.24) is 15.3 Å². The zero-order chi connectivity index (χ0) is 22.2. The van der Waals surface area contributed by atoms with Crippen LogP contribution in [0.1, 0.15) is 16.1 Å². The number of rotatable bonds is 6. The summed E-state index contributed by atoms with van der Waals surface area (Å²) in [5.74, 6) is 0.214. The first-order chi connectivity index (χ1) is 15.6. The third kappa shape index (κ3) is 3.63. The Morgan fingerprint density at radius 2 is 2.06 bits per heavy atom. The van der Waals surface area contributed by atoms with Crippen LogP contribution in [0.2, 0.25) is 0 Å². The lowest BCUT2D eigenvalue weighted by molar-refractivity contribution is 0.0961. The Morgan fingerprint density at radius 1 is 1.25 bits per heavy atom. The zero-order valence-electron chi connectivity index (χ0n) is 17.3. The van der Waals surface area contributed by atoms with Gasteiger partial charge in [0, 0.05) is 47.5 Å². The lowest BCUT2D eigenvalue weighted by Gasteiger charge is -2.10. The number of carbonyl (C=O) groups excluding carboxylic acids is 1. The van der Waals surface area contributed by atoms with Gasteiger partial charge in [-0.15, -0.1) is 0 Å². The molecule has 1 atom stereocenters. The van der Waals surface area contributed by atoms with E-state index in [4.69, 9.17) is 15.5 Å². The number of methoxy groups -OCH3 is 1. The van der Waals surface area contributed by atoms with Crippen molar-refractivity contribution in [2.24, 2.45) is 0 Å². The van der Waals surface area contributed by atoms with Crippen LogP contribution in [0.25, 0.3) is 32.6 Å². The molecule has 0 radical (unpaired) electrons. The summed E-state index contributed by atoms with van der Waals surface area (Å²) in [4.78, 5) is 21.8. The van der Waals surface area contributed by atoms with E-state index in [9.17, 15) is 9.35 Å². The van der Waals surface area contributed by atoms with Gasteiger partial charge in [0.25, 0.3) is 5.91 Å². The molecule has 1 aliphatic heterocycles. The number of ether oxygens (including phenoxy) is 1. The van der Waals surface area contributed by atoms with Crippen LogP contribution in [0.3, 0.4) is 0 Å². The fraction of sp³-hybridized carbons (Fsp3) is 0.174. The molecule has 0 aliphatic carbocycles. The number of nitrogens with one attached hydrogen (secondary N) is 1. The van der Waals surface area contributed by atoms with Gasteiger partial charge in [0.1, 0.15) is 22.0 Å². The lowest BCUT2D eigenvalue weighted by atomic mass is 10.00. The number of hydrogen-bond acceptors (Lipinski definition) is 7. The fourth-order valence-corrected chi connectivity index (χ4v) is 6.33. The highest BCUT2D eigenvalue weighted by Crippen LogP contribution is 2.43.